The number of benzene rings is 1. The molecule has 0 fully saturated rings. The van der Waals surface area contributed by atoms with Crippen LogP contribution in [0.25, 0.3) is 0 Å². The van der Waals surface area contributed by atoms with Crippen LogP contribution in [-0.4, -0.2) is 30.4 Å². The zero-order valence-corrected chi connectivity index (χ0v) is 13.4. The van der Waals surface area contributed by atoms with Gasteiger partial charge in [-0.05, 0) is 42.2 Å². The van der Waals surface area contributed by atoms with Crippen LogP contribution in [0, 0.1) is 5.41 Å². The Labute approximate surface area is 126 Å². The van der Waals surface area contributed by atoms with Gasteiger partial charge in [-0.1, -0.05) is 26.0 Å². The molecule has 0 aliphatic carbocycles. The zero-order valence-electron chi connectivity index (χ0n) is 12.6. The van der Waals surface area contributed by atoms with Crippen molar-refractivity contribution < 1.29 is 9.90 Å². The van der Waals surface area contributed by atoms with Crippen LogP contribution >= 0.6 is 11.8 Å². The van der Waals surface area contributed by atoms with Crippen molar-refractivity contribution in [2.45, 2.75) is 32.4 Å². The summed E-state index contributed by atoms with van der Waals surface area (Å²) in [5.41, 5.74) is 1.90. The van der Waals surface area contributed by atoms with Crippen molar-refractivity contribution in [1.29, 1.82) is 0 Å². The molecule has 1 amide bonds. The molecule has 0 aliphatic rings. The van der Waals surface area contributed by atoms with Crippen molar-refractivity contribution in [1.82, 2.24) is 5.32 Å². The van der Waals surface area contributed by atoms with Crippen LogP contribution in [0.2, 0.25) is 0 Å². The Balaban J connectivity index is 2.56. The number of aliphatic hydroxyl groups is 1. The first-order valence-electron chi connectivity index (χ1n) is 6.95. The summed E-state index contributed by atoms with van der Waals surface area (Å²) < 4.78 is 0. The molecule has 0 unspecified atom stereocenters. The Morgan fingerprint density at radius 3 is 2.80 bits per heavy atom. The van der Waals surface area contributed by atoms with E-state index in [4.69, 9.17) is 5.11 Å². The molecule has 0 heterocycles. The van der Waals surface area contributed by atoms with Gasteiger partial charge >= 0.3 is 0 Å². The van der Waals surface area contributed by atoms with E-state index in [1.807, 2.05) is 24.3 Å². The number of thioether (sulfide) groups is 1. The van der Waals surface area contributed by atoms with Crippen LogP contribution in [-0.2, 0) is 5.75 Å². The monoisotopic (exact) mass is 295 g/mol. The molecular formula is C16H25NO2S. The highest BCUT2D eigenvalue weighted by Crippen LogP contribution is 2.21. The molecule has 0 atom stereocenters. The molecule has 0 radical (unpaired) electrons. The van der Waals surface area contributed by atoms with Crippen molar-refractivity contribution in [3.8, 4) is 0 Å². The minimum Gasteiger partial charge on any atom is -0.396 e. The van der Waals surface area contributed by atoms with Crippen molar-refractivity contribution in [2.24, 2.45) is 5.41 Å². The van der Waals surface area contributed by atoms with Crippen molar-refractivity contribution in [3.63, 3.8) is 0 Å². The Bertz CT molecular complexity index is 432. The van der Waals surface area contributed by atoms with Gasteiger partial charge in [-0.2, -0.15) is 11.8 Å². The number of aliphatic hydroxyl groups excluding tert-OH is 1. The Hall–Kier alpha value is -1.00. The third-order valence-electron chi connectivity index (χ3n) is 3.24. The van der Waals surface area contributed by atoms with E-state index in [1.54, 1.807) is 11.8 Å². The first kappa shape index (κ1) is 17.1. The average molecular weight is 295 g/mol. The molecular weight excluding hydrogens is 270 g/mol. The summed E-state index contributed by atoms with van der Waals surface area (Å²) in [4.78, 5) is 12.2. The van der Waals surface area contributed by atoms with Gasteiger partial charge in [0.15, 0.2) is 0 Å². The number of hydrogen-bond acceptors (Lipinski definition) is 3. The van der Waals surface area contributed by atoms with Gasteiger partial charge in [0.1, 0.15) is 0 Å². The largest absolute Gasteiger partial charge is 0.396 e. The molecule has 112 valence electrons. The minimum atomic E-state index is -0.0231. The Morgan fingerprint density at radius 2 is 2.15 bits per heavy atom. The molecule has 0 spiro atoms. The van der Waals surface area contributed by atoms with E-state index in [1.165, 1.54) is 5.56 Å². The van der Waals surface area contributed by atoms with Gasteiger partial charge in [0.2, 0.25) is 0 Å². The maximum Gasteiger partial charge on any atom is 0.251 e. The number of rotatable bonds is 8. The number of carbonyl (C=O) groups excluding carboxylic acids is 1. The lowest BCUT2D eigenvalue weighted by molar-refractivity contribution is 0.0933. The molecule has 0 aromatic heterocycles. The molecule has 0 bridgehead atoms. The van der Waals surface area contributed by atoms with Crippen LogP contribution in [0.3, 0.4) is 0 Å². The molecule has 4 heteroatoms. The standard InChI is InChI=1S/C16H25NO2S/c1-16(2,8-5-9-18)12-17-15(19)14-7-4-6-13(10-14)11-20-3/h4,6-7,10,18H,5,8-9,11-12H2,1-3H3,(H,17,19). The Kier molecular flexibility index (Phi) is 7.10. The van der Waals surface area contributed by atoms with Crippen LogP contribution < -0.4 is 5.32 Å². The molecule has 1 aromatic rings. The van der Waals surface area contributed by atoms with E-state index in [0.717, 1.165) is 24.2 Å². The zero-order chi connectivity index (χ0) is 15.0. The molecule has 2 N–H and O–H groups in total. The summed E-state index contributed by atoms with van der Waals surface area (Å²) in [7, 11) is 0. The van der Waals surface area contributed by atoms with Crippen LogP contribution in [0.1, 0.15) is 42.6 Å². The summed E-state index contributed by atoms with van der Waals surface area (Å²) in [5, 5.41) is 11.9. The first-order chi connectivity index (χ1) is 9.48. The molecule has 0 saturated heterocycles. The highest BCUT2D eigenvalue weighted by molar-refractivity contribution is 7.97. The van der Waals surface area contributed by atoms with Crippen molar-refractivity contribution in [3.05, 3.63) is 35.4 Å². The quantitative estimate of drug-likeness (QED) is 0.775. The molecule has 0 aliphatic heterocycles. The SMILES string of the molecule is CSCc1cccc(C(=O)NCC(C)(C)CCCO)c1. The number of nitrogens with one attached hydrogen (secondary N) is 1. The second-order valence-electron chi connectivity index (χ2n) is 5.81. The molecule has 1 aromatic carbocycles. The normalized spacial score (nSPS) is 11.4. The van der Waals surface area contributed by atoms with E-state index >= 15 is 0 Å². The van der Waals surface area contributed by atoms with E-state index in [9.17, 15) is 4.79 Å². The van der Waals surface area contributed by atoms with E-state index in [-0.39, 0.29) is 17.9 Å². The van der Waals surface area contributed by atoms with Gasteiger partial charge in [-0.15, -0.1) is 0 Å². The van der Waals surface area contributed by atoms with E-state index in [2.05, 4.69) is 25.4 Å². The second-order valence-corrected chi connectivity index (χ2v) is 6.67. The number of hydrogen-bond donors (Lipinski definition) is 2. The Morgan fingerprint density at radius 1 is 1.40 bits per heavy atom. The maximum atomic E-state index is 12.2. The van der Waals surface area contributed by atoms with Gasteiger partial charge in [-0.3, -0.25) is 4.79 Å². The summed E-state index contributed by atoms with van der Waals surface area (Å²) in [6, 6.07) is 7.77. The van der Waals surface area contributed by atoms with Crippen molar-refractivity contribution >= 4 is 17.7 Å². The van der Waals surface area contributed by atoms with Crippen molar-refractivity contribution in [2.75, 3.05) is 19.4 Å². The van der Waals surface area contributed by atoms with Gasteiger partial charge in [0.25, 0.3) is 5.91 Å². The number of amides is 1. The topological polar surface area (TPSA) is 49.3 Å². The third-order valence-corrected chi connectivity index (χ3v) is 3.86. The fraction of sp³-hybridized carbons (Fsp3) is 0.562. The van der Waals surface area contributed by atoms with Crippen LogP contribution in [0.4, 0.5) is 0 Å². The average Bonchev–Trinajstić information content (AvgIpc) is 2.43. The maximum absolute atomic E-state index is 12.2. The lowest BCUT2D eigenvalue weighted by atomic mass is 9.88. The van der Waals surface area contributed by atoms with Gasteiger partial charge in [-0.25, -0.2) is 0 Å². The summed E-state index contributed by atoms with van der Waals surface area (Å²) >= 11 is 1.75. The highest BCUT2D eigenvalue weighted by atomic mass is 32.2. The first-order valence-corrected chi connectivity index (χ1v) is 8.35. The molecule has 1 rings (SSSR count). The summed E-state index contributed by atoms with van der Waals surface area (Å²) in [5.74, 6) is 0.897. The highest BCUT2D eigenvalue weighted by Gasteiger charge is 2.18. The van der Waals surface area contributed by atoms with E-state index < -0.39 is 0 Å². The predicted octanol–water partition coefficient (Wildman–Crippen LogP) is 3.08. The fourth-order valence-corrected chi connectivity index (χ4v) is 2.55. The lowest BCUT2D eigenvalue weighted by Crippen LogP contribution is -2.34. The molecule has 0 saturated carbocycles. The predicted molar refractivity (Wildman–Crippen MR) is 86.1 cm³/mol. The molecule has 3 nitrogen and oxygen atoms in total. The molecule has 20 heavy (non-hydrogen) atoms. The summed E-state index contributed by atoms with van der Waals surface area (Å²) in [6.45, 7) is 5.03. The lowest BCUT2D eigenvalue weighted by Gasteiger charge is -2.24. The number of carbonyl (C=O) groups is 1. The second kappa shape index (κ2) is 8.32. The van der Waals surface area contributed by atoms with Gasteiger partial charge < -0.3 is 10.4 Å². The third kappa shape index (κ3) is 5.97. The van der Waals surface area contributed by atoms with Gasteiger partial charge in [0.05, 0.1) is 0 Å². The minimum absolute atomic E-state index is 0.00920. The van der Waals surface area contributed by atoms with E-state index in [0.29, 0.717) is 6.54 Å². The fourth-order valence-electron chi connectivity index (χ4n) is 2.04. The smallest absolute Gasteiger partial charge is 0.251 e. The summed E-state index contributed by atoms with van der Waals surface area (Å²) in [6.07, 6.45) is 3.72. The van der Waals surface area contributed by atoms with Crippen LogP contribution in [0.5, 0.6) is 0 Å². The van der Waals surface area contributed by atoms with Gasteiger partial charge in [0, 0.05) is 24.5 Å². The van der Waals surface area contributed by atoms with Crippen LogP contribution in [0.15, 0.2) is 24.3 Å².